The molecule has 1 unspecified atom stereocenters. The summed E-state index contributed by atoms with van der Waals surface area (Å²) in [5.41, 5.74) is 0. The van der Waals surface area contributed by atoms with Crippen LogP contribution in [0.25, 0.3) is 0 Å². The van der Waals surface area contributed by atoms with E-state index in [1.807, 2.05) is 0 Å². The minimum absolute atomic E-state index is 0.782. The summed E-state index contributed by atoms with van der Waals surface area (Å²) in [6, 6.07) is 0.883. The van der Waals surface area contributed by atoms with Gasteiger partial charge in [0.15, 0.2) is 0 Å². The lowest BCUT2D eigenvalue weighted by molar-refractivity contribution is 0.124. The van der Waals surface area contributed by atoms with Crippen molar-refractivity contribution in [3.05, 3.63) is 0 Å². The maximum absolute atomic E-state index is 3.30. The first-order chi connectivity index (χ1) is 6.65. The molecule has 0 amide bonds. The highest BCUT2D eigenvalue weighted by molar-refractivity contribution is 4.80. The average molecular weight is 198 g/mol. The Morgan fingerprint density at radius 2 is 2.00 bits per heavy atom. The highest BCUT2D eigenvalue weighted by atomic mass is 15.1. The summed E-state index contributed by atoms with van der Waals surface area (Å²) in [6.45, 7) is 7.06. The summed E-state index contributed by atoms with van der Waals surface area (Å²) in [5, 5.41) is 3.30. The molecule has 0 aromatic heterocycles. The van der Waals surface area contributed by atoms with Crippen LogP contribution in [-0.4, -0.2) is 38.1 Å². The van der Waals surface area contributed by atoms with E-state index in [0.29, 0.717) is 0 Å². The van der Waals surface area contributed by atoms with E-state index in [1.54, 1.807) is 0 Å². The van der Waals surface area contributed by atoms with Crippen molar-refractivity contribution in [3.8, 4) is 0 Å². The standard InChI is InChI=1S/C12H26N2/c1-10(2)11(8-13-3)9-14(4)12-6-5-7-12/h10-13H,5-9H2,1-4H3. The van der Waals surface area contributed by atoms with Crippen LogP contribution in [0.3, 0.4) is 0 Å². The average Bonchev–Trinajstić information content (AvgIpc) is 1.99. The Morgan fingerprint density at radius 1 is 1.36 bits per heavy atom. The minimum Gasteiger partial charge on any atom is -0.319 e. The molecule has 0 spiro atoms. The largest absolute Gasteiger partial charge is 0.319 e. The second-order valence-electron chi connectivity index (χ2n) is 5.09. The molecular formula is C12H26N2. The van der Waals surface area contributed by atoms with Crippen LogP contribution in [0.15, 0.2) is 0 Å². The van der Waals surface area contributed by atoms with Gasteiger partial charge in [0.2, 0.25) is 0 Å². The molecule has 2 heteroatoms. The molecule has 1 rings (SSSR count). The Kier molecular flexibility index (Phi) is 4.90. The Balaban J connectivity index is 2.29. The van der Waals surface area contributed by atoms with Gasteiger partial charge in [0.25, 0.3) is 0 Å². The van der Waals surface area contributed by atoms with Crippen LogP contribution in [0.4, 0.5) is 0 Å². The van der Waals surface area contributed by atoms with Crippen molar-refractivity contribution in [1.82, 2.24) is 10.2 Å². The van der Waals surface area contributed by atoms with E-state index in [9.17, 15) is 0 Å². The van der Waals surface area contributed by atoms with E-state index in [1.165, 1.54) is 25.8 Å². The fourth-order valence-corrected chi connectivity index (χ4v) is 2.12. The maximum atomic E-state index is 3.30. The Labute approximate surface area is 89.1 Å². The van der Waals surface area contributed by atoms with E-state index in [4.69, 9.17) is 0 Å². The molecule has 14 heavy (non-hydrogen) atoms. The van der Waals surface area contributed by atoms with Crippen molar-refractivity contribution < 1.29 is 0 Å². The van der Waals surface area contributed by atoms with Gasteiger partial charge in [-0.05, 0) is 45.3 Å². The zero-order valence-electron chi connectivity index (χ0n) is 10.2. The van der Waals surface area contributed by atoms with Gasteiger partial charge in [-0.2, -0.15) is 0 Å². The molecule has 0 radical (unpaired) electrons. The SMILES string of the molecule is CNCC(CN(C)C1CCC1)C(C)C. The van der Waals surface area contributed by atoms with Gasteiger partial charge in [-0.15, -0.1) is 0 Å². The molecular weight excluding hydrogens is 172 g/mol. The van der Waals surface area contributed by atoms with Gasteiger partial charge in [-0.25, -0.2) is 0 Å². The summed E-state index contributed by atoms with van der Waals surface area (Å²) < 4.78 is 0. The third-order valence-electron chi connectivity index (χ3n) is 3.63. The van der Waals surface area contributed by atoms with Gasteiger partial charge in [-0.3, -0.25) is 0 Å². The zero-order chi connectivity index (χ0) is 10.6. The van der Waals surface area contributed by atoms with Crippen LogP contribution in [0, 0.1) is 11.8 Å². The van der Waals surface area contributed by atoms with Crippen molar-refractivity contribution in [1.29, 1.82) is 0 Å². The van der Waals surface area contributed by atoms with Crippen LogP contribution in [0.2, 0.25) is 0 Å². The fourth-order valence-electron chi connectivity index (χ4n) is 2.12. The van der Waals surface area contributed by atoms with Gasteiger partial charge < -0.3 is 10.2 Å². The predicted octanol–water partition coefficient (Wildman–Crippen LogP) is 1.96. The van der Waals surface area contributed by atoms with Crippen LogP contribution in [0.5, 0.6) is 0 Å². The topological polar surface area (TPSA) is 15.3 Å². The third kappa shape index (κ3) is 3.25. The lowest BCUT2D eigenvalue weighted by atomic mass is 9.89. The molecule has 1 fully saturated rings. The summed E-state index contributed by atoms with van der Waals surface area (Å²) in [4.78, 5) is 2.56. The molecule has 0 aromatic rings. The van der Waals surface area contributed by atoms with Crippen molar-refractivity contribution in [3.63, 3.8) is 0 Å². The lowest BCUT2D eigenvalue weighted by Gasteiger charge is -2.37. The van der Waals surface area contributed by atoms with E-state index in [0.717, 1.165) is 24.4 Å². The first kappa shape index (κ1) is 12.0. The monoisotopic (exact) mass is 198 g/mol. The van der Waals surface area contributed by atoms with Crippen LogP contribution in [0.1, 0.15) is 33.1 Å². The fraction of sp³-hybridized carbons (Fsp3) is 1.00. The van der Waals surface area contributed by atoms with Crippen molar-refractivity contribution >= 4 is 0 Å². The summed E-state index contributed by atoms with van der Waals surface area (Å²) >= 11 is 0. The quantitative estimate of drug-likeness (QED) is 0.702. The third-order valence-corrected chi connectivity index (χ3v) is 3.63. The van der Waals surface area contributed by atoms with Crippen molar-refractivity contribution in [2.45, 2.75) is 39.2 Å². The molecule has 1 N–H and O–H groups in total. The summed E-state index contributed by atoms with van der Waals surface area (Å²) in [6.07, 6.45) is 4.27. The Hall–Kier alpha value is -0.0800. The number of nitrogens with one attached hydrogen (secondary N) is 1. The number of rotatable bonds is 6. The first-order valence-corrected chi connectivity index (χ1v) is 6.00. The molecule has 0 aliphatic heterocycles. The number of hydrogen-bond donors (Lipinski definition) is 1. The van der Waals surface area contributed by atoms with E-state index in [2.05, 4.69) is 38.2 Å². The summed E-state index contributed by atoms with van der Waals surface area (Å²) in [7, 11) is 4.34. The number of nitrogens with zero attached hydrogens (tertiary/aromatic N) is 1. The van der Waals surface area contributed by atoms with Gasteiger partial charge in [-0.1, -0.05) is 20.3 Å². The maximum Gasteiger partial charge on any atom is 0.00923 e. The highest BCUT2D eigenvalue weighted by Crippen LogP contribution is 2.25. The normalized spacial score (nSPS) is 20.1. The van der Waals surface area contributed by atoms with Crippen LogP contribution >= 0.6 is 0 Å². The van der Waals surface area contributed by atoms with Gasteiger partial charge >= 0.3 is 0 Å². The smallest absolute Gasteiger partial charge is 0.00923 e. The van der Waals surface area contributed by atoms with Crippen LogP contribution < -0.4 is 5.32 Å². The summed E-state index contributed by atoms with van der Waals surface area (Å²) in [5.74, 6) is 1.58. The van der Waals surface area contributed by atoms with Crippen molar-refractivity contribution in [2.24, 2.45) is 11.8 Å². The molecule has 1 aliphatic rings. The zero-order valence-corrected chi connectivity index (χ0v) is 10.2. The van der Waals surface area contributed by atoms with Crippen LogP contribution in [-0.2, 0) is 0 Å². The van der Waals surface area contributed by atoms with Gasteiger partial charge in [0, 0.05) is 12.6 Å². The molecule has 0 saturated heterocycles. The Morgan fingerprint density at radius 3 is 2.36 bits per heavy atom. The van der Waals surface area contributed by atoms with Crippen molar-refractivity contribution in [2.75, 3.05) is 27.2 Å². The van der Waals surface area contributed by atoms with Gasteiger partial charge in [0.05, 0.1) is 0 Å². The van der Waals surface area contributed by atoms with E-state index in [-0.39, 0.29) is 0 Å². The number of hydrogen-bond acceptors (Lipinski definition) is 2. The second-order valence-corrected chi connectivity index (χ2v) is 5.09. The Bertz CT molecular complexity index is 152. The lowest BCUT2D eigenvalue weighted by Crippen LogP contribution is -2.42. The highest BCUT2D eigenvalue weighted by Gasteiger charge is 2.24. The molecule has 1 atom stereocenters. The van der Waals surface area contributed by atoms with Gasteiger partial charge in [0.1, 0.15) is 0 Å². The molecule has 0 bridgehead atoms. The molecule has 1 saturated carbocycles. The van der Waals surface area contributed by atoms with E-state index < -0.39 is 0 Å². The molecule has 1 aliphatic carbocycles. The molecule has 2 nitrogen and oxygen atoms in total. The predicted molar refractivity (Wildman–Crippen MR) is 62.5 cm³/mol. The van der Waals surface area contributed by atoms with E-state index >= 15 is 0 Å². The minimum atomic E-state index is 0.782. The first-order valence-electron chi connectivity index (χ1n) is 6.00. The molecule has 84 valence electrons. The molecule has 0 aromatic carbocycles. The molecule has 0 heterocycles. The second kappa shape index (κ2) is 5.72.